The lowest BCUT2D eigenvalue weighted by molar-refractivity contribution is -0.129. The van der Waals surface area contributed by atoms with Crippen LogP contribution in [0.5, 0.6) is 0 Å². The molecule has 2 aliphatic heterocycles. The maximum atomic E-state index is 12.3. The molecule has 2 aliphatic rings. The Morgan fingerprint density at radius 2 is 1.83 bits per heavy atom. The molecule has 5 nitrogen and oxygen atoms in total. The van der Waals surface area contributed by atoms with E-state index in [0.29, 0.717) is 31.0 Å². The quantitative estimate of drug-likeness (QED) is 0.773. The minimum Gasteiger partial charge on any atom is -0.339 e. The predicted octanol–water partition coefficient (Wildman–Crippen LogP) is 3.04. The fraction of sp³-hybridized carbons (Fsp3) is 0.353. The molecule has 0 aromatic heterocycles. The van der Waals surface area contributed by atoms with Crippen molar-refractivity contribution in [3.05, 3.63) is 40.9 Å². The third-order valence-electron chi connectivity index (χ3n) is 4.21. The number of piperidine rings is 1. The van der Waals surface area contributed by atoms with Crippen LogP contribution in [-0.2, 0) is 9.59 Å². The zero-order valence-corrected chi connectivity index (χ0v) is 14.6. The van der Waals surface area contributed by atoms with Gasteiger partial charge in [-0.1, -0.05) is 35.5 Å². The number of benzene rings is 1. The van der Waals surface area contributed by atoms with Crippen LogP contribution < -0.4 is 0 Å². The van der Waals surface area contributed by atoms with Crippen molar-refractivity contribution in [3.8, 4) is 0 Å². The highest BCUT2D eigenvalue weighted by molar-refractivity contribution is 8.14. The van der Waals surface area contributed by atoms with Crippen LogP contribution in [0.15, 0.2) is 30.3 Å². The fourth-order valence-electron chi connectivity index (χ4n) is 2.91. The molecule has 0 N–H and O–H groups in total. The van der Waals surface area contributed by atoms with Gasteiger partial charge in [-0.2, -0.15) is 0 Å². The van der Waals surface area contributed by atoms with Crippen molar-refractivity contribution in [2.24, 2.45) is 0 Å². The van der Waals surface area contributed by atoms with Crippen LogP contribution >= 0.6 is 23.4 Å². The molecule has 1 aromatic rings. The highest BCUT2D eigenvalue weighted by atomic mass is 35.5. The van der Waals surface area contributed by atoms with Crippen LogP contribution in [0.1, 0.15) is 18.4 Å². The molecule has 0 bridgehead atoms. The summed E-state index contributed by atoms with van der Waals surface area (Å²) in [4.78, 5) is 38.9. The van der Waals surface area contributed by atoms with Crippen molar-refractivity contribution < 1.29 is 14.4 Å². The Hall–Kier alpha value is -1.79. The van der Waals surface area contributed by atoms with E-state index in [4.69, 9.17) is 11.6 Å². The van der Waals surface area contributed by atoms with E-state index in [9.17, 15) is 14.4 Å². The van der Waals surface area contributed by atoms with E-state index in [-0.39, 0.29) is 28.8 Å². The van der Waals surface area contributed by atoms with Crippen LogP contribution in [0.25, 0.3) is 6.08 Å². The minimum absolute atomic E-state index is 0.0585. The van der Waals surface area contributed by atoms with Gasteiger partial charge in [0.25, 0.3) is 5.24 Å². The predicted molar refractivity (Wildman–Crippen MR) is 94.8 cm³/mol. The molecule has 24 heavy (non-hydrogen) atoms. The number of carbonyl (C=O) groups excluding carboxylic acids is 3. The number of amides is 3. The molecule has 2 saturated heterocycles. The zero-order chi connectivity index (χ0) is 17.1. The summed E-state index contributed by atoms with van der Waals surface area (Å²) in [5.41, 5.74) is 0.910. The summed E-state index contributed by atoms with van der Waals surface area (Å²) in [7, 11) is 0. The second-order valence-electron chi connectivity index (χ2n) is 5.76. The van der Waals surface area contributed by atoms with Crippen molar-refractivity contribution in [2.45, 2.75) is 18.9 Å². The molecule has 7 heteroatoms. The molecule has 0 radical (unpaired) electrons. The largest absolute Gasteiger partial charge is 0.339 e. The van der Waals surface area contributed by atoms with Crippen molar-refractivity contribution in [1.29, 1.82) is 0 Å². The molecule has 3 rings (SSSR count). The van der Waals surface area contributed by atoms with E-state index in [1.807, 2.05) is 12.1 Å². The van der Waals surface area contributed by atoms with Gasteiger partial charge in [-0.05, 0) is 36.6 Å². The summed E-state index contributed by atoms with van der Waals surface area (Å²) in [6, 6.07) is 7.17. The van der Waals surface area contributed by atoms with Crippen LogP contribution in [-0.4, -0.2) is 51.7 Å². The highest BCUT2D eigenvalue weighted by Crippen LogP contribution is 2.26. The first-order chi connectivity index (χ1) is 11.5. The normalized spacial score (nSPS) is 19.5. The average molecular weight is 365 g/mol. The Labute approximate surface area is 149 Å². The third-order valence-corrected chi connectivity index (χ3v) is 5.30. The van der Waals surface area contributed by atoms with Crippen molar-refractivity contribution >= 4 is 46.5 Å². The molecule has 126 valence electrons. The highest BCUT2D eigenvalue weighted by Gasteiger charge is 2.37. The van der Waals surface area contributed by atoms with Gasteiger partial charge in [0.05, 0.1) is 5.75 Å². The molecule has 0 atom stereocenters. The van der Waals surface area contributed by atoms with Crippen LogP contribution in [0, 0.1) is 0 Å². The molecule has 2 heterocycles. The smallest absolute Gasteiger partial charge is 0.289 e. The van der Waals surface area contributed by atoms with Crippen LogP contribution in [0.4, 0.5) is 4.79 Å². The maximum Gasteiger partial charge on any atom is 0.289 e. The van der Waals surface area contributed by atoms with Gasteiger partial charge in [-0.25, -0.2) is 0 Å². The third kappa shape index (κ3) is 3.82. The van der Waals surface area contributed by atoms with Crippen LogP contribution in [0.3, 0.4) is 0 Å². The Balaban J connectivity index is 1.54. The van der Waals surface area contributed by atoms with E-state index >= 15 is 0 Å². The number of thioether (sulfide) groups is 1. The van der Waals surface area contributed by atoms with Crippen molar-refractivity contribution in [3.63, 3.8) is 0 Å². The molecule has 0 saturated carbocycles. The first-order valence-electron chi connectivity index (χ1n) is 7.76. The minimum atomic E-state index is -0.160. The van der Waals surface area contributed by atoms with Gasteiger partial charge < -0.3 is 4.90 Å². The average Bonchev–Trinajstić information content (AvgIpc) is 2.93. The monoisotopic (exact) mass is 364 g/mol. The first-order valence-corrected chi connectivity index (χ1v) is 9.12. The first kappa shape index (κ1) is 17.0. The van der Waals surface area contributed by atoms with Gasteiger partial charge in [0.15, 0.2) is 0 Å². The van der Waals surface area contributed by atoms with E-state index in [2.05, 4.69) is 0 Å². The number of imide groups is 1. The second kappa shape index (κ2) is 7.40. The Kier molecular flexibility index (Phi) is 5.26. The number of likely N-dealkylation sites (tertiary alicyclic amines) is 1. The van der Waals surface area contributed by atoms with E-state index < -0.39 is 0 Å². The SMILES string of the molecule is O=C(/C=C/c1ccc(Cl)cc1)N1CCC(N2C(=O)CSC2=O)CC1. The van der Waals surface area contributed by atoms with E-state index in [0.717, 1.165) is 17.3 Å². The molecule has 2 fully saturated rings. The molecule has 0 aliphatic carbocycles. The van der Waals surface area contributed by atoms with Gasteiger partial charge >= 0.3 is 0 Å². The lowest BCUT2D eigenvalue weighted by atomic mass is 10.0. The number of hydrogen-bond donors (Lipinski definition) is 0. The molecule has 3 amide bonds. The lowest BCUT2D eigenvalue weighted by Gasteiger charge is -2.35. The summed E-state index contributed by atoms with van der Waals surface area (Å²) >= 11 is 6.89. The molecule has 0 spiro atoms. The standard InChI is InChI=1S/C17H17ClN2O3S/c18-13-4-1-12(2-5-13)3-6-15(21)19-9-7-14(8-10-19)20-16(22)11-24-17(20)23/h1-6,14H,7-11H2/b6-3+. The van der Waals surface area contributed by atoms with Crippen molar-refractivity contribution in [2.75, 3.05) is 18.8 Å². The van der Waals surface area contributed by atoms with Gasteiger partial charge in [0, 0.05) is 30.2 Å². The Morgan fingerprint density at radius 3 is 2.42 bits per heavy atom. The second-order valence-corrected chi connectivity index (χ2v) is 7.12. The molecular weight excluding hydrogens is 348 g/mol. The molecular formula is C17H17ClN2O3S. The zero-order valence-electron chi connectivity index (χ0n) is 13.0. The number of rotatable bonds is 3. The molecule has 1 aromatic carbocycles. The number of carbonyl (C=O) groups is 3. The molecule has 0 unspecified atom stereocenters. The number of halogens is 1. The van der Waals surface area contributed by atoms with Gasteiger partial charge in [-0.15, -0.1) is 0 Å². The van der Waals surface area contributed by atoms with Crippen molar-refractivity contribution in [1.82, 2.24) is 9.80 Å². The maximum absolute atomic E-state index is 12.3. The topological polar surface area (TPSA) is 57.7 Å². The Bertz CT molecular complexity index is 666. The summed E-state index contributed by atoms with van der Waals surface area (Å²) in [5.74, 6) is 0.0659. The van der Waals surface area contributed by atoms with Gasteiger partial charge in [-0.3, -0.25) is 19.3 Å². The Morgan fingerprint density at radius 1 is 1.17 bits per heavy atom. The lowest BCUT2D eigenvalue weighted by Crippen LogP contribution is -2.48. The fourth-order valence-corrected chi connectivity index (χ4v) is 3.81. The van der Waals surface area contributed by atoms with E-state index in [1.54, 1.807) is 29.2 Å². The van der Waals surface area contributed by atoms with Crippen LogP contribution in [0.2, 0.25) is 5.02 Å². The summed E-state index contributed by atoms with van der Waals surface area (Å²) in [5, 5.41) is 0.497. The van der Waals surface area contributed by atoms with Gasteiger partial charge in [0.1, 0.15) is 0 Å². The number of hydrogen-bond acceptors (Lipinski definition) is 4. The number of nitrogens with zero attached hydrogens (tertiary/aromatic N) is 2. The summed E-state index contributed by atoms with van der Waals surface area (Å²) < 4.78 is 0. The van der Waals surface area contributed by atoms with Gasteiger partial charge in [0.2, 0.25) is 11.8 Å². The summed E-state index contributed by atoms with van der Waals surface area (Å²) in [6.45, 7) is 1.10. The summed E-state index contributed by atoms with van der Waals surface area (Å²) in [6.07, 6.45) is 4.58. The van der Waals surface area contributed by atoms with E-state index in [1.165, 1.54) is 4.90 Å².